The average Bonchev–Trinajstić information content (AvgIpc) is 3.05. The summed E-state index contributed by atoms with van der Waals surface area (Å²) >= 11 is 5.13. The van der Waals surface area contributed by atoms with E-state index < -0.39 is 0 Å². The highest BCUT2D eigenvalue weighted by Gasteiger charge is 2.31. The molecule has 18 heavy (non-hydrogen) atoms. The summed E-state index contributed by atoms with van der Waals surface area (Å²) in [6, 6.07) is 4.68. The van der Waals surface area contributed by atoms with E-state index in [0.717, 1.165) is 22.5 Å². The van der Waals surface area contributed by atoms with Gasteiger partial charge in [-0.15, -0.1) is 0 Å². The fourth-order valence-corrected chi connectivity index (χ4v) is 3.04. The molecule has 0 unspecified atom stereocenters. The lowest BCUT2D eigenvalue weighted by Gasteiger charge is -2.24. The minimum Gasteiger partial charge on any atom is -0.396 e. The lowest BCUT2D eigenvalue weighted by molar-refractivity contribution is 0.781. The third-order valence-electron chi connectivity index (χ3n) is 3.05. The highest BCUT2D eigenvalue weighted by molar-refractivity contribution is 9.10. The molecule has 1 saturated carbocycles. The lowest BCUT2D eigenvalue weighted by atomic mass is 10.3. The van der Waals surface area contributed by atoms with Crippen molar-refractivity contribution in [1.82, 2.24) is 4.98 Å². The molecule has 3 nitrogen and oxygen atoms in total. The molecular formula is C13H14BrN3S. The summed E-state index contributed by atoms with van der Waals surface area (Å²) in [6.45, 7) is 0.896. The van der Waals surface area contributed by atoms with Gasteiger partial charge < -0.3 is 10.6 Å². The van der Waals surface area contributed by atoms with E-state index in [1.54, 1.807) is 11.3 Å². The first-order valence-electron chi connectivity index (χ1n) is 5.93. The molecule has 0 spiro atoms. The zero-order valence-electron chi connectivity index (χ0n) is 9.84. The average molecular weight is 324 g/mol. The first-order valence-corrected chi connectivity index (χ1v) is 7.66. The Morgan fingerprint density at radius 3 is 2.94 bits per heavy atom. The Kier molecular flexibility index (Phi) is 3.26. The van der Waals surface area contributed by atoms with Gasteiger partial charge in [0.15, 0.2) is 5.82 Å². The molecule has 5 heteroatoms. The van der Waals surface area contributed by atoms with Crippen molar-refractivity contribution < 1.29 is 0 Å². The van der Waals surface area contributed by atoms with Crippen molar-refractivity contribution in [3.63, 3.8) is 0 Å². The van der Waals surface area contributed by atoms with Crippen molar-refractivity contribution in [2.45, 2.75) is 25.4 Å². The number of hydrogen-bond donors (Lipinski definition) is 1. The van der Waals surface area contributed by atoms with Crippen LogP contribution in [0.5, 0.6) is 0 Å². The molecule has 0 amide bonds. The molecule has 94 valence electrons. The number of rotatable bonds is 4. The summed E-state index contributed by atoms with van der Waals surface area (Å²) in [7, 11) is 0. The van der Waals surface area contributed by atoms with Crippen molar-refractivity contribution >= 4 is 38.8 Å². The van der Waals surface area contributed by atoms with E-state index in [4.69, 9.17) is 5.73 Å². The summed E-state index contributed by atoms with van der Waals surface area (Å²) in [5, 5.41) is 4.29. The third-order valence-corrected chi connectivity index (χ3v) is 4.22. The first-order chi connectivity index (χ1) is 8.74. The largest absolute Gasteiger partial charge is 0.396 e. The topological polar surface area (TPSA) is 42.1 Å². The number of anilines is 2. The maximum Gasteiger partial charge on any atom is 0.152 e. The maximum atomic E-state index is 6.09. The Balaban J connectivity index is 1.89. The van der Waals surface area contributed by atoms with E-state index in [1.165, 1.54) is 18.4 Å². The second-order valence-corrected chi connectivity index (χ2v) is 6.25. The van der Waals surface area contributed by atoms with Gasteiger partial charge in [0, 0.05) is 23.3 Å². The smallest absolute Gasteiger partial charge is 0.152 e. The SMILES string of the molecule is Nc1cc(Br)cnc1N(Cc1ccsc1)C1CC1. The van der Waals surface area contributed by atoms with Gasteiger partial charge in [-0.25, -0.2) is 4.98 Å². The van der Waals surface area contributed by atoms with Crippen molar-refractivity contribution in [1.29, 1.82) is 0 Å². The van der Waals surface area contributed by atoms with Crippen LogP contribution in [0.15, 0.2) is 33.6 Å². The van der Waals surface area contributed by atoms with E-state index in [-0.39, 0.29) is 0 Å². The molecule has 2 aromatic rings. The molecule has 0 aliphatic heterocycles. The standard InChI is InChI=1S/C13H14BrN3S/c14-10-5-12(15)13(16-6-10)17(11-1-2-11)7-9-3-4-18-8-9/h3-6,8,11H,1-2,7,15H2. The number of aromatic nitrogens is 1. The van der Waals surface area contributed by atoms with Crippen molar-refractivity contribution in [2.24, 2.45) is 0 Å². The minimum atomic E-state index is 0.598. The Bertz CT molecular complexity index is 537. The van der Waals surface area contributed by atoms with Gasteiger partial charge >= 0.3 is 0 Å². The molecule has 0 saturated heterocycles. The number of thiophene rings is 1. The van der Waals surface area contributed by atoms with Crippen molar-refractivity contribution in [2.75, 3.05) is 10.6 Å². The van der Waals surface area contributed by atoms with Gasteiger partial charge in [0.05, 0.1) is 5.69 Å². The monoisotopic (exact) mass is 323 g/mol. The molecule has 2 aromatic heterocycles. The zero-order valence-corrected chi connectivity index (χ0v) is 12.2. The van der Waals surface area contributed by atoms with Crippen LogP contribution in [0.2, 0.25) is 0 Å². The third kappa shape index (κ3) is 2.52. The highest BCUT2D eigenvalue weighted by atomic mass is 79.9. The van der Waals surface area contributed by atoms with Crippen LogP contribution in [0.3, 0.4) is 0 Å². The predicted molar refractivity (Wildman–Crippen MR) is 79.9 cm³/mol. The van der Waals surface area contributed by atoms with Crippen molar-refractivity contribution in [3.05, 3.63) is 39.1 Å². The Morgan fingerprint density at radius 2 is 2.33 bits per heavy atom. The number of nitrogen functional groups attached to an aromatic ring is 1. The number of nitrogens with zero attached hydrogens (tertiary/aromatic N) is 2. The van der Waals surface area contributed by atoms with Gasteiger partial charge in [-0.3, -0.25) is 0 Å². The highest BCUT2D eigenvalue weighted by Crippen LogP contribution is 2.35. The number of halogens is 1. The molecule has 1 fully saturated rings. The van der Waals surface area contributed by atoms with E-state index in [9.17, 15) is 0 Å². The van der Waals surface area contributed by atoms with Gasteiger partial charge in [0.1, 0.15) is 0 Å². The van der Waals surface area contributed by atoms with Gasteiger partial charge in [-0.1, -0.05) is 0 Å². The Hall–Kier alpha value is -1.07. The molecule has 1 aliphatic rings. The Morgan fingerprint density at radius 1 is 1.50 bits per heavy atom. The number of pyridine rings is 1. The summed E-state index contributed by atoms with van der Waals surface area (Å²) in [5.74, 6) is 0.909. The van der Waals surface area contributed by atoms with Crippen LogP contribution < -0.4 is 10.6 Å². The van der Waals surface area contributed by atoms with Crippen LogP contribution >= 0.6 is 27.3 Å². The molecular weight excluding hydrogens is 310 g/mol. The minimum absolute atomic E-state index is 0.598. The van der Waals surface area contributed by atoms with E-state index >= 15 is 0 Å². The van der Waals surface area contributed by atoms with Gasteiger partial charge in [0.25, 0.3) is 0 Å². The second kappa shape index (κ2) is 4.90. The molecule has 0 bridgehead atoms. The molecule has 2 heterocycles. The maximum absolute atomic E-state index is 6.09. The molecule has 3 rings (SSSR count). The number of hydrogen-bond acceptors (Lipinski definition) is 4. The fourth-order valence-electron chi connectivity index (χ4n) is 2.03. The molecule has 0 atom stereocenters. The molecule has 2 N–H and O–H groups in total. The van der Waals surface area contributed by atoms with Crippen LogP contribution in [-0.4, -0.2) is 11.0 Å². The number of nitrogens with two attached hydrogens (primary N) is 1. The molecule has 0 radical (unpaired) electrons. The summed E-state index contributed by atoms with van der Waals surface area (Å²) in [5.41, 5.74) is 8.16. The first kappa shape index (κ1) is 12.0. The van der Waals surface area contributed by atoms with Crippen LogP contribution in [-0.2, 0) is 6.54 Å². The molecule has 1 aliphatic carbocycles. The van der Waals surface area contributed by atoms with Crippen LogP contribution in [0.4, 0.5) is 11.5 Å². The molecule has 0 aromatic carbocycles. The van der Waals surface area contributed by atoms with Gasteiger partial charge in [-0.05, 0) is 57.2 Å². The van der Waals surface area contributed by atoms with Crippen molar-refractivity contribution in [3.8, 4) is 0 Å². The lowest BCUT2D eigenvalue weighted by Crippen LogP contribution is -2.26. The Labute approximate surface area is 119 Å². The van der Waals surface area contributed by atoms with Gasteiger partial charge in [0.2, 0.25) is 0 Å². The fraction of sp³-hybridized carbons (Fsp3) is 0.308. The summed E-state index contributed by atoms with van der Waals surface area (Å²) < 4.78 is 0.926. The normalized spacial score (nSPS) is 14.7. The van der Waals surface area contributed by atoms with Crippen LogP contribution in [0, 0.1) is 0 Å². The van der Waals surface area contributed by atoms with E-state index in [1.807, 2.05) is 12.3 Å². The van der Waals surface area contributed by atoms with E-state index in [2.05, 4.69) is 42.6 Å². The van der Waals surface area contributed by atoms with Crippen LogP contribution in [0.25, 0.3) is 0 Å². The summed E-state index contributed by atoms with van der Waals surface area (Å²) in [6.07, 6.45) is 4.29. The quantitative estimate of drug-likeness (QED) is 0.933. The van der Waals surface area contributed by atoms with E-state index in [0.29, 0.717) is 6.04 Å². The predicted octanol–water partition coefficient (Wildman–Crippen LogP) is 3.66. The second-order valence-electron chi connectivity index (χ2n) is 4.56. The summed E-state index contributed by atoms with van der Waals surface area (Å²) in [4.78, 5) is 6.80. The van der Waals surface area contributed by atoms with Crippen LogP contribution in [0.1, 0.15) is 18.4 Å². The van der Waals surface area contributed by atoms with Gasteiger partial charge in [-0.2, -0.15) is 11.3 Å². The zero-order chi connectivity index (χ0) is 12.5.